The number of aromatic amines is 1. The van der Waals surface area contributed by atoms with Crippen molar-refractivity contribution in [1.29, 1.82) is 0 Å². The molecule has 1 aromatic rings. The Morgan fingerprint density at radius 1 is 1.62 bits per heavy atom. The second-order valence-corrected chi connectivity index (χ2v) is 3.18. The highest BCUT2D eigenvalue weighted by Crippen LogP contribution is 1.97. The molecule has 1 aromatic heterocycles. The van der Waals surface area contributed by atoms with Crippen molar-refractivity contribution in [3.8, 4) is 0 Å². The Morgan fingerprint density at radius 2 is 2.31 bits per heavy atom. The molecule has 16 heavy (non-hydrogen) atoms. The van der Waals surface area contributed by atoms with Crippen molar-refractivity contribution in [2.45, 2.75) is 13.0 Å². The third-order valence-electron chi connectivity index (χ3n) is 1.70. The molecule has 0 amide bonds. The van der Waals surface area contributed by atoms with Gasteiger partial charge in [0, 0.05) is 12.7 Å². The van der Waals surface area contributed by atoms with E-state index in [0.717, 1.165) is 10.8 Å². The van der Waals surface area contributed by atoms with E-state index in [2.05, 4.69) is 4.84 Å². The molecule has 8 nitrogen and oxygen atoms in total. The molecule has 9 heteroatoms. The number of aryl methyl sites for hydroxylation is 1. The van der Waals surface area contributed by atoms with Gasteiger partial charge in [0.1, 0.15) is 5.02 Å². The lowest BCUT2D eigenvalue weighted by molar-refractivity contribution is -0.151. The molecule has 0 saturated carbocycles. The first-order valence-corrected chi connectivity index (χ1v) is 4.57. The minimum absolute atomic E-state index is 0.0237. The summed E-state index contributed by atoms with van der Waals surface area (Å²) in [7, 11) is 0. The van der Waals surface area contributed by atoms with Crippen molar-refractivity contribution in [3.05, 3.63) is 32.1 Å². The predicted octanol–water partition coefficient (Wildman–Crippen LogP) is -1.50. The number of nitrogens with two attached hydrogens (primary N) is 1. The van der Waals surface area contributed by atoms with Crippen molar-refractivity contribution in [2.75, 3.05) is 0 Å². The number of aromatic nitrogens is 2. The fourth-order valence-corrected chi connectivity index (χ4v) is 1.14. The molecule has 0 aromatic carbocycles. The van der Waals surface area contributed by atoms with Crippen LogP contribution in [-0.4, -0.2) is 15.5 Å². The van der Waals surface area contributed by atoms with Gasteiger partial charge in [-0.2, -0.15) is 0 Å². The number of nitrogens with one attached hydrogen (secondary N) is 2. The minimum Gasteiger partial charge on any atom is -0.356 e. The first-order chi connectivity index (χ1) is 7.54. The largest absolute Gasteiger partial charge is 0.356 e. The molecule has 0 saturated heterocycles. The zero-order valence-electron chi connectivity index (χ0n) is 8.03. The van der Waals surface area contributed by atoms with Gasteiger partial charge in [-0.25, -0.2) is 10.6 Å². The summed E-state index contributed by atoms with van der Waals surface area (Å²) in [5, 5.41) is -0.134. The summed E-state index contributed by atoms with van der Waals surface area (Å²) in [4.78, 5) is 39.2. The molecule has 1 heterocycles. The number of hydrogen-bond acceptors (Lipinski definition) is 6. The van der Waals surface area contributed by atoms with E-state index < -0.39 is 17.2 Å². The van der Waals surface area contributed by atoms with Crippen LogP contribution in [0.1, 0.15) is 6.42 Å². The Hall–Kier alpha value is -1.64. The first-order valence-electron chi connectivity index (χ1n) is 4.19. The second-order valence-electron chi connectivity index (χ2n) is 2.77. The quantitative estimate of drug-likeness (QED) is 0.441. The van der Waals surface area contributed by atoms with Crippen molar-refractivity contribution in [1.82, 2.24) is 15.1 Å². The van der Waals surface area contributed by atoms with Crippen molar-refractivity contribution in [3.63, 3.8) is 0 Å². The summed E-state index contributed by atoms with van der Waals surface area (Å²) in [5.74, 6) is 4.10. The van der Waals surface area contributed by atoms with Gasteiger partial charge in [0.05, 0.1) is 6.42 Å². The molecular formula is C7H9ClN4O4. The summed E-state index contributed by atoms with van der Waals surface area (Å²) in [6.45, 7) is 0.0237. The van der Waals surface area contributed by atoms with Gasteiger partial charge in [-0.1, -0.05) is 17.2 Å². The van der Waals surface area contributed by atoms with Crippen LogP contribution in [0.25, 0.3) is 0 Å². The molecular weight excluding hydrogens is 240 g/mol. The van der Waals surface area contributed by atoms with Crippen LogP contribution < -0.4 is 22.7 Å². The highest BCUT2D eigenvalue weighted by atomic mass is 35.5. The zero-order valence-corrected chi connectivity index (χ0v) is 8.78. The van der Waals surface area contributed by atoms with Gasteiger partial charge in [0.2, 0.25) is 0 Å². The van der Waals surface area contributed by atoms with Crippen molar-refractivity contribution < 1.29 is 9.63 Å². The van der Waals surface area contributed by atoms with Gasteiger partial charge in [-0.3, -0.25) is 19.1 Å². The summed E-state index contributed by atoms with van der Waals surface area (Å²) in [6.07, 6.45) is 1.05. The third-order valence-corrected chi connectivity index (χ3v) is 1.97. The minimum atomic E-state index is -0.672. The molecule has 0 unspecified atom stereocenters. The topological polar surface area (TPSA) is 119 Å². The predicted molar refractivity (Wildman–Crippen MR) is 54.4 cm³/mol. The Bertz CT molecular complexity index is 494. The normalized spacial score (nSPS) is 10.1. The molecule has 4 N–H and O–H groups in total. The lowest BCUT2D eigenvalue weighted by Crippen LogP contribution is -2.31. The number of halogens is 1. The molecule has 0 aliphatic carbocycles. The number of hydrazine groups is 1. The monoisotopic (exact) mass is 248 g/mol. The zero-order chi connectivity index (χ0) is 12.1. The summed E-state index contributed by atoms with van der Waals surface area (Å²) in [5.41, 5.74) is 0.396. The van der Waals surface area contributed by atoms with E-state index in [1.165, 1.54) is 0 Å². The van der Waals surface area contributed by atoms with E-state index in [1.807, 2.05) is 4.98 Å². The SMILES string of the molecule is NNOC(=O)CCn1cc(Cl)c(=O)[nH]c1=O. The summed E-state index contributed by atoms with van der Waals surface area (Å²) >= 11 is 5.51. The fourth-order valence-electron chi connectivity index (χ4n) is 0.977. The molecule has 1 rings (SSSR count). The van der Waals surface area contributed by atoms with E-state index in [9.17, 15) is 14.4 Å². The number of H-pyrrole nitrogens is 1. The smallest absolute Gasteiger partial charge is 0.328 e. The molecule has 0 radical (unpaired) electrons. The van der Waals surface area contributed by atoms with Crippen LogP contribution in [0.4, 0.5) is 0 Å². The Labute approximate surface area is 93.9 Å². The standard InChI is InChI=1S/C7H9ClN4O4/c8-4-3-12(7(15)10-6(4)14)2-1-5(13)16-11-9/h3,11H,1-2,9H2,(H,10,14,15). The highest BCUT2D eigenvalue weighted by Gasteiger charge is 2.06. The maximum absolute atomic E-state index is 11.2. The molecule has 88 valence electrons. The van der Waals surface area contributed by atoms with E-state index in [-0.39, 0.29) is 18.0 Å². The van der Waals surface area contributed by atoms with Crippen LogP contribution in [0.5, 0.6) is 0 Å². The van der Waals surface area contributed by atoms with Crippen LogP contribution >= 0.6 is 11.6 Å². The maximum atomic E-state index is 11.2. The van der Waals surface area contributed by atoms with Crippen LogP contribution in [0.3, 0.4) is 0 Å². The molecule has 0 bridgehead atoms. The van der Waals surface area contributed by atoms with Crippen molar-refractivity contribution in [2.24, 2.45) is 5.84 Å². The number of carbonyl (C=O) groups excluding carboxylic acids is 1. The van der Waals surface area contributed by atoms with Crippen LogP contribution in [0.2, 0.25) is 5.02 Å². The van der Waals surface area contributed by atoms with E-state index >= 15 is 0 Å². The number of nitrogens with zero attached hydrogens (tertiary/aromatic N) is 1. The molecule has 0 spiro atoms. The van der Waals surface area contributed by atoms with E-state index in [0.29, 0.717) is 0 Å². The van der Waals surface area contributed by atoms with Gasteiger partial charge in [0.15, 0.2) is 0 Å². The van der Waals surface area contributed by atoms with Crippen LogP contribution in [-0.2, 0) is 16.2 Å². The second kappa shape index (κ2) is 5.45. The highest BCUT2D eigenvalue weighted by molar-refractivity contribution is 6.30. The van der Waals surface area contributed by atoms with Crippen LogP contribution in [0.15, 0.2) is 15.8 Å². The average Bonchev–Trinajstić information content (AvgIpc) is 2.22. The van der Waals surface area contributed by atoms with Crippen molar-refractivity contribution >= 4 is 17.6 Å². The van der Waals surface area contributed by atoms with Gasteiger partial charge >= 0.3 is 11.7 Å². The third kappa shape index (κ3) is 3.19. The number of carbonyl (C=O) groups is 1. The van der Waals surface area contributed by atoms with E-state index in [1.54, 1.807) is 5.59 Å². The molecule has 0 aliphatic rings. The first kappa shape index (κ1) is 12.4. The van der Waals surface area contributed by atoms with Gasteiger partial charge in [-0.05, 0) is 0 Å². The molecule has 0 atom stereocenters. The lowest BCUT2D eigenvalue weighted by Gasteiger charge is -2.04. The molecule has 0 aliphatic heterocycles. The number of hydrogen-bond donors (Lipinski definition) is 3. The Balaban J connectivity index is 2.75. The Kier molecular flexibility index (Phi) is 4.23. The average molecular weight is 249 g/mol. The Morgan fingerprint density at radius 3 is 2.94 bits per heavy atom. The van der Waals surface area contributed by atoms with Crippen LogP contribution in [0, 0.1) is 0 Å². The maximum Gasteiger partial charge on any atom is 0.328 e. The van der Waals surface area contributed by atoms with Gasteiger partial charge in [0.25, 0.3) is 5.56 Å². The summed E-state index contributed by atoms with van der Waals surface area (Å²) in [6, 6.07) is 0. The number of rotatable bonds is 4. The van der Waals surface area contributed by atoms with Gasteiger partial charge < -0.3 is 4.84 Å². The molecule has 0 fully saturated rings. The fraction of sp³-hybridized carbons (Fsp3) is 0.286. The van der Waals surface area contributed by atoms with Gasteiger partial charge in [-0.15, -0.1) is 0 Å². The lowest BCUT2D eigenvalue weighted by atomic mass is 10.4. The van der Waals surface area contributed by atoms with E-state index in [4.69, 9.17) is 17.4 Å². The summed E-state index contributed by atoms with van der Waals surface area (Å²) < 4.78 is 1.08.